The van der Waals surface area contributed by atoms with Crippen LogP contribution in [0.25, 0.3) is 16.6 Å². The van der Waals surface area contributed by atoms with Crippen molar-refractivity contribution in [3.05, 3.63) is 78.0 Å². The van der Waals surface area contributed by atoms with Crippen molar-refractivity contribution in [1.82, 2.24) is 24.6 Å². The number of nitrogens with zero attached hydrogens (tertiary/aromatic N) is 5. The Bertz CT molecular complexity index is 1100. The summed E-state index contributed by atoms with van der Waals surface area (Å²) in [6.45, 7) is 5.97. The van der Waals surface area contributed by atoms with Crippen LogP contribution in [0.4, 0.5) is 0 Å². The topological polar surface area (TPSA) is 49.8 Å². The van der Waals surface area contributed by atoms with E-state index in [0.717, 1.165) is 43.0 Å². The summed E-state index contributed by atoms with van der Waals surface area (Å²) >= 11 is 0. The fourth-order valence-corrected chi connectivity index (χ4v) is 4.08. The van der Waals surface area contributed by atoms with Gasteiger partial charge in [-0.25, -0.2) is 4.52 Å². The molecular formula is C23H25N5O. The van der Waals surface area contributed by atoms with E-state index in [1.54, 1.807) is 6.26 Å². The Morgan fingerprint density at radius 2 is 1.86 bits per heavy atom. The van der Waals surface area contributed by atoms with E-state index in [9.17, 15) is 0 Å². The molecule has 0 aliphatic carbocycles. The summed E-state index contributed by atoms with van der Waals surface area (Å²) in [6.07, 6.45) is 5.64. The molecule has 0 unspecified atom stereocenters. The average Bonchev–Trinajstić information content (AvgIpc) is 3.39. The van der Waals surface area contributed by atoms with Gasteiger partial charge in [0.2, 0.25) is 0 Å². The van der Waals surface area contributed by atoms with Crippen molar-refractivity contribution in [1.29, 1.82) is 0 Å². The van der Waals surface area contributed by atoms with Gasteiger partial charge < -0.3 is 4.42 Å². The maximum atomic E-state index is 5.23. The number of hydrogen-bond acceptors (Lipinski definition) is 5. The van der Waals surface area contributed by atoms with Gasteiger partial charge in [-0.05, 0) is 31.7 Å². The van der Waals surface area contributed by atoms with Crippen molar-refractivity contribution < 1.29 is 4.42 Å². The lowest BCUT2D eigenvalue weighted by Gasteiger charge is -2.38. The summed E-state index contributed by atoms with van der Waals surface area (Å²) in [4.78, 5) is 4.84. The Morgan fingerprint density at radius 1 is 1.03 bits per heavy atom. The number of piperazine rings is 1. The number of benzene rings is 1. The highest BCUT2D eigenvalue weighted by atomic mass is 16.3. The zero-order valence-corrected chi connectivity index (χ0v) is 16.8. The normalized spacial score (nSPS) is 18.5. The first kappa shape index (κ1) is 18.1. The number of likely N-dealkylation sites (N-methyl/N-ethyl adjacent to an activating group) is 1. The van der Waals surface area contributed by atoms with Crippen molar-refractivity contribution in [2.75, 3.05) is 26.7 Å². The molecule has 4 heterocycles. The van der Waals surface area contributed by atoms with Crippen LogP contribution in [-0.2, 0) is 6.54 Å². The van der Waals surface area contributed by atoms with Crippen LogP contribution in [0.5, 0.6) is 0 Å². The highest BCUT2D eigenvalue weighted by molar-refractivity contribution is 5.66. The molecule has 6 heteroatoms. The fourth-order valence-electron chi connectivity index (χ4n) is 4.08. The van der Waals surface area contributed by atoms with Crippen molar-refractivity contribution in [2.45, 2.75) is 19.5 Å². The summed E-state index contributed by atoms with van der Waals surface area (Å²) < 4.78 is 7.14. The van der Waals surface area contributed by atoms with E-state index in [2.05, 4.69) is 76.7 Å². The van der Waals surface area contributed by atoms with Crippen LogP contribution in [0.15, 0.2) is 65.6 Å². The molecule has 29 heavy (non-hydrogen) atoms. The first-order valence-corrected chi connectivity index (χ1v) is 10.0. The summed E-state index contributed by atoms with van der Waals surface area (Å²) in [5, 5.41) is 9.02. The van der Waals surface area contributed by atoms with Gasteiger partial charge in [0.05, 0.1) is 24.1 Å². The Hall–Kier alpha value is -2.96. The molecule has 1 saturated heterocycles. The highest BCUT2D eigenvalue weighted by Gasteiger charge is 2.29. The standard InChI is InChI=1S/C23H25N5O/c1-17-3-5-19(6-4-17)20-7-8-21-23(24-25-28(21)14-20)22-15-27(11-10-26(22)2)13-18-9-12-29-16-18/h3-9,12,14,16,22H,10-11,13,15H2,1-2H3/t22-/m1/s1. The second kappa shape index (κ2) is 7.46. The molecule has 0 spiro atoms. The maximum Gasteiger partial charge on any atom is 0.109 e. The lowest BCUT2D eigenvalue weighted by atomic mass is 10.0. The van der Waals surface area contributed by atoms with Crippen LogP contribution >= 0.6 is 0 Å². The highest BCUT2D eigenvalue weighted by Crippen LogP contribution is 2.28. The zero-order chi connectivity index (χ0) is 19.8. The first-order valence-electron chi connectivity index (χ1n) is 10.0. The number of furan rings is 1. The predicted molar refractivity (Wildman–Crippen MR) is 113 cm³/mol. The summed E-state index contributed by atoms with van der Waals surface area (Å²) in [7, 11) is 2.17. The van der Waals surface area contributed by atoms with E-state index >= 15 is 0 Å². The van der Waals surface area contributed by atoms with Gasteiger partial charge in [0.15, 0.2) is 0 Å². The van der Waals surface area contributed by atoms with Crippen LogP contribution < -0.4 is 0 Å². The number of rotatable bonds is 4. The molecule has 1 fully saturated rings. The molecule has 0 amide bonds. The number of pyridine rings is 1. The molecule has 1 aliphatic rings. The molecule has 6 nitrogen and oxygen atoms in total. The lowest BCUT2D eigenvalue weighted by Crippen LogP contribution is -2.46. The predicted octanol–water partition coefficient (Wildman–Crippen LogP) is 3.79. The molecular weight excluding hydrogens is 362 g/mol. The third-order valence-electron chi connectivity index (χ3n) is 5.86. The second-order valence-corrected chi connectivity index (χ2v) is 7.95. The zero-order valence-electron chi connectivity index (χ0n) is 16.8. The Balaban J connectivity index is 1.42. The summed E-state index contributed by atoms with van der Waals surface area (Å²) in [5.74, 6) is 0. The third kappa shape index (κ3) is 3.57. The Labute approximate surface area is 170 Å². The van der Waals surface area contributed by atoms with Gasteiger partial charge in [-0.3, -0.25) is 9.80 Å². The summed E-state index contributed by atoms with van der Waals surface area (Å²) in [6, 6.07) is 15.1. The van der Waals surface area contributed by atoms with Gasteiger partial charge in [-0.2, -0.15) is 0 Å². The number of aryl methyl sites for hydroxylation is 1. The van der Waals surface area contributed by atoms with Crippen molar-refractivity contribution in [3.63, 3.8) is 0 Å². The maximum absolute atomic E-state index is 5.23. The SMILES string of the molecule is Cc1ccc(-c2ccc3c([C@H]4CN(Cc5ccoc5)CCN4C)nnn3c2)cc1. The number of hydrogen-bond donors (Lipinski definition) is 0. The van der Waals surface area contributed by atoms with E-state index in [1.807, 2.05) is 16.8 Å². The molecule has 148 valence electrons. The van der Waals surface area contributed by atoms with Gasteiger partial charge in [0.25, 0.3) is 0 Å². The van der Waals surface area contributed by atoms with E-state index in [-0.39, 0.29) is 6.04 Å². The van der Waals surface area contributed by atoms with Crippen molar-refractivity contribution in [2.24, 2.45) is 0 Å². The van der Waals surface area contributed by atoms with Crippen LogP contribution in [0.2, 0.25) is 0 Å². The van der Waals surface area contributed by atoms with E-state index in [1.165, 1.54) is 16.7 Å². The van der Waals surface area contributed by atoms with Gasteiger partial charge in [0.1, 0.15) is 5.69 Å². The summed E-state index contributed by atoms with van der Waals surface area (Å²) in [5.41, 5.74) is 6.92. The van der Waals surface area contributed by atoms with E-state index in [4.69, 9.17) is 4.42 Å². The van der Waals surface area contributed by atoms with Crippen LogP contribution in [0.3, 0.4) is 0 Å². The quantitative estimate of drug-likeness (QED) is 0.533. The minimum absolute atomic E-state index is 0.221. The third-order valence-corrected chi connectivity index (χ3v) is 5.86. The van der Waals surface area contributed by atoms with Crippen LogP contribution in [-0.4, -0.2) is 51.3 Å². The minimum atomic E-state index is 0.221. The van der Waals surface area contributed by atoms with E-state index in [0.29, 0.717) is 0 Å². The monoisotopic (exact) mass is 387 g/mol. The van der Waals surface area contributed by atoms with Crippen LogP contribution in [0, 0.1) is 6.92 Å². The van der Waals surface area contributed by atoms with Crippen molar-refractivity contribution >= 4 is 5.52 Å². The smallest absolute Gasteiger partial charge is 0.109 e. The van der Waals surface area contributed by atoms with Gasteiger partial charge in [0, 0.05) is 43.5 Å². The molecule has 4 aromatic rings. The molecule has 3 aromatic heterocycles. The second-order valence-electron chi connectivity index (χ2n) is 7.95. The molecule has 1 aliphatic heterocycles. The lowest BCUT2D eigenvalue weighted by molar-refractivity contribution is 0.0888. The molecule has 0 radical (unpaired) electrons. The first-order chi connectivity index (χ1) is 14.2. The molecule has 0 bridgehead atoms. The minimum Gasteiger partial charge on any atom is -0.472 e. The van der Waals surface area contributed by atoms with E-state index < -0.39 is 0 Å². The molecule has 1 aromatic carbocycles. The molecule has 0 saturated carbocycles. The van der Waals surface area contributed by atoms with Gasteiger partial charge in [-0.1, -0.05) is 41.1 Å². The number of fused-ring (bicyclic) bond motifs is 1. The molecule has 1 atom stereocenters. The van der Waals surface area contributed by atoms with Crippen molar-refractivity contribution in [3.8, 4) is 11.1 Å². The Morgan fingerprint density at radius 3 is 2.66 bits per heavy atom. The van der Waals surface area contributed by atoms with Gasteiger partial charge in [-0.15, -0.1) is 5.10 Å². The average molecular weight is 387 g/mol. The van der Waals surface area contributed by atoms with Crippen LogP contribution in [0.1, 0.15) is 22.9 Å². The largest absolute Gasteiger partial charge is 0.472 e. The molecule has 5 rings (SSSR count). The van der Waals surface area contributed by atoms with Gasteiger partial charge >= 0.3 is 0 Å². The number of aromatic nitrogens is 3. The molecule has 0 N–H and O–H groups in total. The fraction of sp³-hybridized carbons (Fsp3) is 0.304. The Kier molecular flexibility index (Phi) is 4.66.